The standard InChI is InChI=1S/C11H15N5O3/c12-11(13)15-7-1-6-14-10(17)8-2-4-9(5-3-8)16(18)19/h2-5H,1,6-7H2,(H,14,17)(H4,12,13,15). The molecule has 1 rings (SSSR count). The highest BCUT2D eigenvalue weighted by molar-refractivity contribution is 5.94. The molecule has 0 bridgehead atoms. The first-order chi connectivity index (χ1) is 9.00. The average molecular weight is 265 g/mol. The van der Waals surface area contributed by atoms with Gasteiger partial charge in [-0.05, 0) is 18.6 Å². The molecule has 0 aliphatic rings. The first kappa shape index (κ1) is 14.4. The van der Waals surface area contributed by atoms with Gasteiger partial charge >= 0.3 is 0 Å². The van der Waals surface area contributed by atoms with Crippen LogP contribution in [0.5, 0.6) is 0 Å². The van der Waals surface area contributed by atoms with Crippen LogP contribution in [0.15, 0.2) is 29.3 Å². The van der Waals surface area contributed by atoms with Crippen molar-refractivity contribution in [1.29, 1.82) is 0 Å². The molecule has 102 valence electrons. The van der Waals surface area contributed by atoms with Gasteiger partial charge in [-0.15, -0.1) is 0 Å². The lowest BCUT2D eigenvalue weighted by Crippen LogP contribution is -2.26. The van der Waals surface area contributed by atoms with Crippen LogP contribution in [-0.4, -0.2) is 29.9 Å². The minimum absolute atomic E-state index is 0.0155. The molecule has 0 aliphatic carbocycles. The second-order valence-electron chi connectivity index (χ2n) is 3.72. The molecule has 8 heteroatoms. The Balaban J connectivity index is 2.41. The number of benzene rings is 1. The van der Waals surface area contributed by atoms with E-state index in [4.69, 9.17) is 11.5 Å². The van der Waals surface area contributed by atoms with Crippen LogP contribution >= 0.6 is 0 Å². The van der Waals surface area contributed by atoms with Gasteiger partial charge in [0.05, 0.1) is 4.92 Å². The lowest BCUT2D eigenvalue weighted by molar-refractivity contribution is -0.384. The second-order valence-corrected chi connectivity index (χ2v) is 3.72. The Labute approximate surface area is 109 Å². The van der Waals surface area contributed by atoms with Crippen molar-refractivity contribution in [1.82, 2.24) is 5.32 Å². The van der Waals surface area contributed by atoms with Crippen LogP contribution in [0.25, 0.3) is 0 Å². The maximum atomic E-state index is 11.7. The number of amides is 1. The molecule has 0 aromatic heterocycles. The summed E-state index contributed by atoms with van der Waals surface area (Å²) in [6.07, 6.45) is 0.608. The van der Waals surface area contributed by atoms with E-state index in [1.807, 2.05) is 0 Å². The fourth-order valence-electron chi connectivity index (χ4n) is 1.33. The Kier molecular flexibility index (Phi) is 5.27. The third-order valence-electron chi connectivity index (χ3n) is 2.26. The summed E-state index contributed by atoms with van der Waals surface area (Å²) < 4.78 is 0. The molecule has 0 spiro atoms. The SMILES string of the molecule is NC(N)=NCCCNC(=O)c1ccc([N+](=O)[O-])cc1. The van der Waals surface area contributed by atoms with Crippen LogP contribution < -0.4 is 16.8 Å². The summed E-state index contributed by atoms with van der Waals surface area (Å²) in [5.74, 6) is -0.277. The smallest absolute Gasteiger partial charge is 0.269 e. The van der Waals surface area contributed by atoms with E-state index in [9.17, 15) is 14.9 Å². The summed E-state index contributed by atoms with van der Waals surface area (Å²) in [5, 5.41) is 13.1. The molecule has 0 fully saturated rings. The quantitative estimate of drug-likeness (QED) is 0.218. The van der Waals surface area contributed by atoms with Gasteiger partial charge < -0.3 is 16.8 Å². The van der Waals surface area contributed by atoms with Crippen LogP contribution in [0.4, 0.5) is 5.69 Å². The molecule has 1 aromatic rings. The van der Waals surface area contributed by atoms with Gasteiger partial charge in [0.15, 0.2) is 5.96 Å². The Morgan fingerprint density at radius 2 is 1.95 bits per heavy atom. The zero-order valence-electron chi connectivity index (χ0n) is 10.2. The van der Waals surface area contributed by atoms with Crippen LogP contribution in [0, 0.1) is 10.1 Å². The Bertz CT molecular complexity index is 480. The number of hydrogen-bond donors (Lipinski definition) is 3. The van der Waals surface area contributed by atoms with Crippen molar-refractivity contribution in [3.63, 3.8) is 0 Å². The molecular weight excluding hydrogens is 250 g/mol. The maximum absolute atomic E-state index is 11.7. The average Bonchev–Trinajstić information content (AvgIpc) is 2.37. The number of nitro benzene ring substituents is 1. The van der Waals surface area contributed by atoms with Crippen molar-refractivity contribution < 1.29 is 9.72 Å². The first-order valence-corrected chi connectivity index (χ1v) is 5.58. The van der Waals surface area contributed by atoms with E-state index >= 15 is 0 Å². The number of carbonyl (C=O) groups is 1. The van der Waals surface area contributed by atoms with Crippen molar-refractivity contribution in [3.8, 4) is 0 Å². The number of nitro groups is 1. The summed E-state index contributed by atoms with van der Waals surface area (Å²) in [7, 11) is 0. The highest BCUT2D eigenvalue weighted by Gasteiger charge is 2.08. The third-order valence-corrected chi connectivity index (χ3v) is 2.26. The molecule has 0 radical (unpaired) electrons. The molecule has 1 aromatic carbocycles. The van der Waals surface area contributed by atoms with E-state index in [1.54, 1.807) is 0 Å². The van der Waals surface area contributed by atoms with Gasteiger partial charge in [0.1, 0.15) is 0 Å². The van der Waals surface area contributed by atoms with Gasteiger partial charge in [-0.1, -0.05) is 0 Å². The van der Waals surface area contributed by atoms with E-state index in [2.05, 4.69) is 10.3 Å². The van der Waals surface area contributed by atoms with Gasteiger partial charge in [0.2, 0.25) is 0 Å². The minimum atomic E-state index is -0.517. The summed E-state index contributed by atoms with van der Waals surface area (Å²) >= 11 is 0. The summed E-state index contributed by atoms with van der Waals surface area (Å²) in [6.45, 7) is 0.857. The van der Waals surface area contributed by atoms with E-state index < -0.39 is 4.92 Å². The van der Waals surface area contributed by atoms with E-state index in [1.165, 1.54) is 24.3 Å². The molecule has 0 atom stereocenters. The normalized spacial score (nSPS) is 9.68. The van der Waals surface area contributed by atoms with Gasteiger partial charge in [-0.3, -0.25) is 19.9 Å². The van der Waals surface area contributed by atoms with Gasteiger partial charge in [-0.2, -0.15) is 0 Å². The predicted octanol–water partition coefficient (Wildman–Crippen LogP) is -0.0119. The summed E-state index contributed by atoms with van der Waals surface area (Å²) in [5.41, 5.74) is 10.6. The number of nitrogens with two attached hydrogens (primary N) is 2. The maximum Gasteiger partial charge on any atom is 0.269 e. The molecule has 0 saturated heterocycles. The number of guanidine groups is 1. The van der Waals surface area contributed by atoms with E-state index in [-0.39, 0.29) is 17.6 Å². The lowest BCUT2D eigenvalue weighted by atomic mass is 10.2. The Morgan fingerprint density at radius 1 is 1.32 bits per heavy atom. The molecule has 0 heterocycles. The number of nitrogens with one attached hydrogen (secondary N) is 1. The number of nitrogens with zero attached hydrogens (tertiary/aromatic N) is 2. The van der Waals surface area contributed by atoms with Crippen LogP contribution in [0.3, 0.4) is 0 Å². The predicted molar refractivity (Wildman–Crippen MR) is 70.7 cm³/mol. The van der Waals surface area contributed by atoms with Crippen molar-refractivity contribution in [2.45, 2.75) is 6.42 Å². The van der Waals surface area contributed by atoms with Gasteiger partial charge in [0.25, 0.3) is 11.6 Å². The highest BCUT2D eigenvalue weighted by Crippen LogP contribution is 2.11. The number of non-ortho nitro benzene ring substituents is 1. The molecule has 1 amide bonds. The van der Waals surface area contributed by atoms with Crippen molar-refractivity contribution >= 4 is 17.6 Å². The Morgan fingerprint density at radius 3 is 2.47 bits per heavy atom. The molecule has 0 aliphatic heterocycles. The summed E-state index contributed by atoms with van der Waals surface area (Å²) in [4.78, 5) is 25.4. The number of carbonyl (C=O) groups excluding carboxylic acids is 1. The van der Waals surface area contributed by atoms with Crippen molar-refractivity contribution in [2.24, 2.45) is 16.5 Å². The van der Waals surface area contributed by atoms with E-state index in [0.717, 1.165) is 0 Å². The van der Waals surface area contributed by atoms with Crippen molar-refractivity contribution in [3.05, 3.63) is 39.9 Å². The van der Waals surface area contributed by atoms with Crippen molar-refractivity contribution in [2.75, 3.05) is 13.1 Å². The largest absolute Gasteiger partial charge is 0.370 e. The second kappa shape index (κ2) is 6.94. The molecule has 8 nitrogen and oxygen atoms in total. The summed E-state index contributed by atoms with van der Waals surface area (Å²) in [6, 6.07) is 5.38. The monoisotopic (exact) mass is 265 g/mol. The van der Waals surface area contributed by atoms with Crippen LogP contribution in [0.2, 0.25) is 0 Å². The fraction of sp³-hybridized carbons (Fsp3) is 0.273. The first-order valence-electron chi connectivity index (χ1n) is 5.58. The van der Waals surface area contributed by atoms with Gasteiger partial charge in [0, 0.05) is 30.8 Å². The molecular formula is C11H15N5O3. The Hall–Kier alpha value is -2.64. The van der Waals surface area contributed by atoms with Crippen LogP contribution in [0.1, 0.15) is 16.8 Å². The zero-order chi connectivity index (χ0) is 14.3. The molecule has 5 N–H and O–H groups in total. The fourth-order valence-corrected chi connectivity index (χ4v) is 1.33. The van der Waals surface area contributed by atoms with Crippen LogP contribution in [-0.2, 0) is 0 Å². The molecule has 0 unspecified atom stereocenters. The zero-order valence-corrected chi connectivity index (χ0v) is 10.2. The number of hydrogen-bond acceptors (Lipinski definition) is 4. The third kappa shape index (κ3) is 5.02. The van der Waals surface area contributed by atoms with E-state index in [0.29, 0.717) is 25.1 Å². The lowest BCUT2D eigenvalue weighted by Gasteiger charge is -2.03. The number of rotatable bonds is 6. The minimum Gasteiger partial charge on any atom is -0.370 e. The van der Waals surface area contributed by atoms with Gasteiger partial charge in [-0.25, -0.2) is 0 Å². The molecule has 19 heavy (non-hydrogen) atoms. The highest BCUT2D eigenvalue weighted by atomic mass is 16.6. The topological polar surface area (TPSA) is 137 Å². The number of aliphatic imine (C=N–C) groups is 1. The molecule has 0 saturated carbocycles.